The lowest BCUT2D eigenvalue weighted by atomic mass is 10.3. The topological polar surface area (TPSA) is 84.2 Å². The normalized spacial score (nSPS) is 11.5. The van der Waals surface area contributed by atoms with E-state index in [-0.39, 0.29) is 4.90 Å². The van der Waals surface area contributed by atoms with Crippen LogP contribution in [-0.4, -0.2) is 20.4 Å². The number of sulfonamides is 1. The summed E-state index contributed by atoms with van der Waals surface area (Å²) in [6, 6.07) is 6.69. The van der Waals surface area contributed by atoms with Crippen LogP contribution in [0.3, 0.4) is 0 Å². The average molecular weight is 295 g/mol. The van der Waals surface area contributed by atoms with Gasteiger partial charge in [0.25, 0.3) is 0 Å². The number of aromatic nitrogens is 1. The zero-order valence-electron chi connectivity index (χ0n) is 11.4. The third-order valence-corrected chi connectivity index (χ3v) is 4.30. The van der Waals surface area contributed by atoms with Crippen molar-refractivity contribution in [1.82, 2.24) is 9.71 Å². The van der Waals surface area contributed by atoms with Gasteiger partial charge in [0.2, 0.25) is 15.9 Å². The number of nitrogens with zero attached hydrogens (tertiary/aromatic N) is 1. The number of oxazole rings is 1. The Bertz CT molecular complexity index is 680. The van der Waals surface area contributed by atoms with E-state index in [1.807, 2.05) is 6.92 Å². The van der Waals surface area contributed by atoms with E-state index in [1.54, 1.807) is 30.5 Å². The molecule has 0 fully saturated rings. The monoisotopic (exact) mass is 295 g/mol. The maximum absolute atomic E-state index is 11.9. The van der Waals surface area contributed by atoms with Crippen LogP contribution in [0.25, 0.3) is 0 Å². The van der Waals surface area contributed by atoms with E-state index in [0.717, 1.165) is 12.2 Å². The van der Waals surface area contributed by atoms with Crippen LogP contribution in [0.1, 0.15) is 18.6 Å². The van der Waals surface area contributed by atoms with Crippen LogP contribution < -0.4 is 10.0 Å². The third kappa shape index (κ3) is 3.17. The van der Waals surface area contributed by atoms with Crippen LogP contribution in [0, 0.1) is 0 Å². The summed E-state index contributed by atoms with van der Waals surface area (Å²) in [5, 5.41) is 3.03. The van der Waals surface area contributed by atoms with E-state index in [9.17, 15) is 8.42 Å². The SMILES string of the molecule is CCc1cnc(CNc2ccccc2S(=O)(=O)NC)o1. The highest BCUT2D eigenvalue weighted by atomic mass is 32.2. The molecule has 1 aromatic heterocycles. The van der Waals surface area contributed by atoms with Crippen LogP contribution >= 0.6 is 0 Å². The van der Waals surface area contributed by atoms with Crippen molar-refractivity contribution in [2.45, 2.75) is 24.8 Å². The molecule has 0 aliphatic rings. The number of para-hydroxylation sites is 1. The molecule has 0 unspecified atom stereocenters. The maximum Gasteiger partial charge on any atom is 0.242 e. The second-order valence-electron chi connectivity index (χ2n) is 4.13. The first-order chi connectivity index (χ1) is 9.56. The molecule has 2 rings (SSSR count). The molecule has 0 atom stereocenters. The fourth-order valence-electron chi connectivity index (χ4n) is 1.72. The molecule has 6 nitrogen and oxygen atoms in total. The molecule has 0 bridgehead atoms. The molecule has 0 spiro atoms. The van der Waals surface area contributed by atoms with Crippen LogP contribution in [0.15, 0.2) is 39.8 Å². The van der Waals surface area contributed by atoms with Crippen molar-refractivity contribution in [2.75, 3.05) is 12.4 Å². The van der Waals surface area contributed by atoms with Crippen molar-refractivity contribution >= 4 is 15.7 Å². The predicted molar refractivity (Wildman–Crippen MR) is 75.9 cm³/mol. The molecule has 2 N–H and O–H groups in total. The zero-order valence-corrected chi connectivity index (χ0v) is 12.2. The number of anilines is 1. The average Bonchev–Trinajstić information content (AvgIpc) is 2.93. The standard InChI is InChI=1S/C13H17N3O3S/c1-3-10-8-16-13(19-10)9-15-11-6-4-5-7-12(11)20(17,18)14-2/h4-8,14-15H,3,9H2,1-2H3. The molecule has 1 heterocycles. The van der Waals surface area contributed by atoms with E-state index in [2.05, 4.69) is 15.0 Å². The fourth-order valence-corrected chi connectivity index (χ4v) is 2.63. The van der Waals surface area contributed by atoms with Crippen LogP contribution in [0.4, 0.5) is 5.69 Å². The first kappa shape index (κ1) is 14.5. The summed E-state index contributed by atoms with van der Waals surface area (Å²) in [6.07, 6.45) is 2.45. The molecule has 0 saturated heterocycles. The van der Waals surface area contributed by atoms with Crippen molar-refractivity contribution in [2.24, 2.45) is 0 Å². The van der Waals surface area contributed by atoms with Crippen LogP contribution in [0.5, 0.6) is 0 Å². The van der Waals surface area contributed by atoms with Crippen LogP contribution in [-0.2, 0) is 23.0 Å². The molecule has 7 heteroatoms. The number of aryl methyl sites for hydroxylation is 1. The first-order valence-electron chi connectivity index (χ1n) is 6.27. The van der Waals surface area contributed by atoms with E-state index < -0.39 is 10.0 Å². The number of benzene rings is 1. The Morgan fingerprint density at radius 3 is 2.70 bits per heavy atom. The molecule has 0 amide bonds. The highest BCUT2D eigenvalue weighted by molar-refractivity contribution is 7.89. The summed E-state index contributed by atoms with van der Waals surface area (Å²) in [7, 11) is -2.11. The fraction of sp³-hybridized carbons (Fsp3) is 0.308. The largest absolute Gasteiger partial charge is 0.444 e. The minimum Gasteiger partial charge on any atom is -0.444 e. The van der Waals surface area contributed by atoms with Gasteiger partial charge in [-0.05, 0) is 19.2 Å². The van der Waals surface area contributed by atoms with E-state index >= 15 is 0 Å². The lowest BCUT2D eigenvalue weighted by Crippen LogP contribution is -2.20. The van der Waals surface area contributed by atoms with E-state index in [0.29, 0.717) is 18.1 Å². The van der Waals surface area contributed by atoms with E-state index in [4.69, 9.17) is 4.42 Å². The third-order valence-electron chi connectivity index (χ3n) is 2.83. The second-order valence-corrected chi connectivity index (χ2v) is 5.99. The van der Waals surface area contributed by atoms with Gasteiger partial charge in [0.05, 0.1) is 18.4 Å². The molecule has 108 valence electrons. The van der Waals surface area contributed by atoms with Crippen molar-refractivity contribution in [1.29, 1.82) is 0 Å². The Morgan fingerprint density at radius 2 is 2.05 bits per heavy atom. The molecule has 0 radical (unpaired) electrons. The lowest BCUT2D eigenvalue weighted by molar-refractivity contribution is 0.465. The summed E-state index contributed by atoms with van der Waals surface area (Å²) in [5.74, 6) is 1.33. The summed E-state index contributed by atoms with van der Waals surface area (Å²) in [6.45, 7) is 2.31. The Labute approximate surface area is 118 Å². The zero-order chi connectivity index (χ0) is 14.6. The number of nitrogens with one attached hydrogen (secondary N) is 2. The Kier molecular flexibility index (Phi) is 4.41. The molecule has 1 aromatic carbocycles. The Balaban J connectivity index is 2.18. The van der Waals surface area contributed by atoms with Gasteiger partial charge in [-0.2, -0.15) is 0 Å². The number of hydrogen-bond donors (Lipinski definition) is 2. The molecular weight excluding hydrogens is 278 g/mol. The molecule has 20 heavy (non-hydrogen) atoms. The van der Waals surface area contributed by atoms with E-state index in [1.165, 1.54) is 7.05 Å². The number of hydrogen-bond acceptors (Lipinski definition) is 5. The maximum atomic E-state index is 11.9. The van der Waals surface area contributed by atoms with Gasteiger partial charge in [-0.15, -0.1) is 0 Å². The van der Waals surface area contributed by atoms with Crippen molar-refractivity contribution in [3.05, 3.63) is 42.1 Å². The van der Waals surface area contributed by atoms with Crippen molar-refractivity contribution in [3.63, 3.8) is 0 Å². The Morgan fingerprint density at radius 1 is 1.30 bits per heavy atom. The predicted octanol–water partition coefficient (Wildman–Crippen LogP) is 1.76. The lowest BCUT2D eigenvalue weighted by Gasteiger charge is -2.10. The number of rotatable bonds is 6. The second kappa shape index (κ2) is 6.06. The molecule has 0 saturated carbocycles. The quantitative estimate of drug-likeness (QED) is 0.848. The first-order valence-corrected chi connectivity index (χ1v) is 7.75. The molecule has 2 aromatic rings. The molecule has 0 aliphatic heterocycles. The van der Waals surface area contributed by atoms with Crippen LogP contribution in [0.2, 0.25) is 0 Å². The van der Waals surface area contributed by atoms with Crippen molar-refractivity contribution < 1.29 is 12.8 Å². The summed E-state index contributed by atoms with van der Waals surface area (Å²) in [5.41, 5.74) is 0.512. The summed E-state index contributed by atoms with van der Waals surface area (Å²) < 4.78 is 31.6. The highest BCUT2D eigenvalue weighted by Gasteiger charge is 2.16. The smallest absolute Gasteiger partial charge is 0.242 e. The van der Waals surface area contributed by atoms with Gasteiger partial charge in [-0.1, -0.05) is 19.1 Å². The van der Waals surface area contributed by atoms with Gasteiger partial charge in [-0.25, -0.2) is 18.1 Å². The molecular formula is C13H17N3O3S. The van der Waals surface area contributed by atoms with Gasteiger partial charge in [-0.3, -0.25) is 0 Å². The van der Waals surface area contributed by atoms with Gasteiger partial charge in [0, 0.05) is 6.42 Å². The van der Waals surface area contributed by atoms with Gasteiger partial charge in [0.1, 0.15) is 10.7 Å². The minimum absolute atomic E-state index is 0.199. The van der Waals surface area contributed by atoms with Gasteiger partial charge < -0.3 is 9.73 Å². The summed E-state index contributed by atoms with van der Waals surface area (Å²) >= 11 is 0. The Hall–Kier alpha value is -1.86. The highest BCUT2D eigenvalue weighted by Crippen LogP contribution is 2.21. The van der Waals surface area contributed by atoms with Gasteiger partial charge in [0.15, 0.2) is 0 Å². The summed E-state index contributed by atoms with van der Waals surface area (Å²) in [4.78, 5) is 4.32. The minimum atomic E-state index is -3.50. The van der Waals surface area contributed by atoms with Gasteiger partial charge >= 0.3 is 0 Å². The molecule has 0 aliphatic carbocycles. The van der Waals surface area contributed by atoms with Crippen molar-refractivity contribution in [3.8, 4) is 0 Å².